The van der Waals surface area contributed by atoms with Crippen molar-refractivity contribution in [1.82, 2.24) is 0 Å². The summed E-state index contributed by atoms with van der Waals surface area (Å²) in [5.74, 6) is 3.66. The molecule has 0 bridgehead atoms. The van der Waals surface area contributed by atoms with E-state index in [0.717, 1.165) is 11.3 Å². The molecule has 1 aliphatic heterocycles. The molecule has 3 atom stereocenters. The van der Waals surface area contributed by atoms with Crippen LogP contribution in [0.1, 0.15) is 75.9 Å². The molecule has 3 unspecified atom stereocenters. The quantitative estimate of drug-likeness (QED) is 0.0437. The minimum Gasteiger partial charge on any atom is -0.743 e. The Morgan fingerprint density at radius 3 is 0.964 bits per heavy atom. The lowest BCUT2D eigenvalue weighted by atomic mass is 9.87. The number of ketones is 1. The first-order valence-corrected chi connectivity index (χ1v) is 33.1. The molecule has 4 aromatic carbocycles. The van der Waals surface area contributed by atoms with E-state index in [4.69, 9.17) is 15.3 Å². The lowest BCUT2D eigenvalue weighted by Gasteiger charge is -2.26. The molecule has 0 aliphatic carbocycles. The molecule has 0 aromatic heterocycles. The fraction of sp³-hybridized carbons (Fsp3) is 0.490. The van der Waals surface area contributed by atoms with E-state index in [1.807, 2.05) is 30.3 Å². The molecule has 34 heteroatoms. The van der Waals surface area contributed by atoms with Gasteiger partial charge in [0.15, 0.2) is 48.1 Å². The molecule has 0 spiro atoms. The first-order chi connectivity index (χ1) is 37.0. The number of carbonyl (C=O) groups excluding carboxylic acids is 1. The van der Waals surface area contributed by atoms with Gasteiger partial charge >= 0.3 is 55.5 Å². The van der Waals surface area contributed by atoms with Gasteiger partial charge in [0.25, 0.3) is 0 Å². The summed E-state index contributed by atoms with van der Waals surface area (Å²) in [6, 6.07) is 38.6. The lowest BCUT2D eigenvalue weighted by molar-refractivity contribution is -0.597. The van der Waals surface area contributed by atoms with Gasteiger partial charge in [-0.25, -0.2) is 25.3 Å². The van der Waals surface area contributed by atoms with Gasteiger partial charge in [0.05, 0.1) is 0 Å². The molecule has 1 fully saturated rings. The fourth-order valence-electron chi connectivity index (χ4n) is 5.58. The molecule has 1 heterocycles. The second-order valence-electron chi connectivity index (χ2n) is 19.3. The normalized spacial score (nSPS) is 15.2. The predicted octanol–water partition coefficient (Wildman–Crippen LogP) is 6.76. The monoisotopic (exact) mass is 1430 g/mol. The summed E-state index contributed by atoms with van der Waals surface area (Å²) >= 11 is -0.0703. The number of hydrogen-bond acceptors (Lipinski definition) is 13. The molecule has 13 nitrogen and oxygen atoms in total. The van der Waals surface area contributed by atoms with Gasteiger partial charge in [0.2, 0.25) is 24.1 Å². The Labute approximate surface area is 486 Å². The van der Waals surface area contributed by atoms with Crippen LogP contribution in [0.3, 0.4) is 0 Å². The molecule has 5 rings (SSSR count). The number of Topliss-reactive ketones (excluding diaryl/α,β-unsaturated/α-hetero) is 1. The van der Waals surface area contributed by atoms with Crippen LogP contribution in [0.25, 0.3) is 0 Å². The summed E-state index contributed by atoms with van der Waals surface area (Å²) in [6.07, 6.45) is -24.0. The first kappa shape index (κ1) is 79.5. The van der Waals surface area contributed by atoms with Crippen molar-refractivity contribution in [2.24, 2.45) is 0 Å². The molecule has 4 aromatic rings. The van der Waals surface area contributed by atoms with Crippen LogP contribution in [0.4, 0.5) is 65.9 Å². The Hall–Kier alpha value is -3.46. The fourth-order valence-corrected chi connectivity index (χ4v) is 11.9. The van der Waals surface area contributed by atoms with E-state index in [1.54, 1.807) is 0 Å². The maximum Gasteiger partial charge on any atom is 0.421 e. The SMILES string of the molecule is CC(C)(C)c1ccc([I+]c2ccc(C(C)(C)C)cc2)cc1.C[S+](C)c1ccccc1.O=C(C[S+]1CCCC1)c1ccccc1.O=S(=O)([O-])C(F)(F)C(O)C(F)(F)F.O=S(=O)([O-])C(F)(F)C(O)C(F)(F)F.O=S(=O)([O-])C(F)(F)C(O)C(F)(F)F. The van der Waals surface area contributed by atoms with Gasteiger partial charge in [0, 0.05) is 16.5 Å². The molecular weight excluding hydrogens is 1370 g/mol. The van der Waals surface area contributed by atoms with Gasteiger partial charge in [-0.2, -0.15) is 65.9 Å². The van der Waals surface area contributed by atoms with Gasteiger partial charge < -0.3 is 29.0 Å². The van der Waals surface area contributed by atoms with Gasteiger partial charge in [0.1, 0.15) is 24.0 Å². The van der Waals surface area contributed by atoms with Crippen LogP contribution in [0, 0.1) is 7.14 Å². The van der Waals surface area contributed by atoms with E-state index in [2.05, 4.69) is 133 Å². The molecular formula is C49H58F15IO13S5. The Morgan fingerprint density at radius 2 is 0.759 bits per heavy atom. The van der Waals surface area contributed by atoms with E-state index in [9.17, 15) is 110 Å². The summed E-state index contributed by atoms with van der Waals surface area (Å²) in [5.41, 5.74) is 4.19. The maximum absolute atomic E-state index is 11.9. The van der Waals surface area contributed by atoms with Crippen LogP contribution < -0.4 is 21.2 Å². The van der Waals surface area contributed by atoms with Crippen molar-refractivity contribution < 1.29 is 146 Å². The molecule has 1 saturated heterocycles. The third-order valence-electron chi connectivity index (χ3n) is 10.3. The third-order valence-corrected chi connectivity index (χ3v) is 19.3. The number of rotatable bonds is 12. The van der Waals surface area contributed by atoms with Crippen molar-refractivity contribution in [2.45, 2.75) is 123 Å². The topological polar surface area (TPSA) is 249 Å². The van der Waals surface area contributed by atoms with Crippen LogP contribution >= 0.6 is 0 Å². The van der Waals surface area contributed by atoms with Crippen LogP contribution in [-0.4, -0.2) is 142 Å². The summed E-state index contributed by atoms with van der Waals surface area (Å²) in [7, 11) is -18.8. The molecule has 3 N–H and O–H groups in total. The van der Waals surface area contributed by atoms with Crippen molar-refractivity contribution in [3.8, 4) is 0 Å². The van der Waals surface area contributed by atoms with E-state index in [1.165, 1.54) is 47.5 Å². The number of benzene rings is 4. The average molecular weight is 1430 g/mol. The molecule has 0 amide bonds. The Morgan fingerprint density at radius 1 is 0.494 bits per heavy atom. The average Bonchev–Trinajstić information content (AvgIpc) is 3.87. The second-order valence-corrected chi connectivity index (χ2v) is 31.1. The number of carbonyl (C=O) groups is 1. The zero-order chi connectivity index (χ0) is 65.4. The summed E-state index contributed by atoms with van der Waals surface area (Å²) in [4.78, 5) is 13.2. The van der Waals surface area contributed by atoms with Crippen molar-refractivity contribution in [3.05, 3.63) is 133 Å². The highest BCUT2D eigenvalue weighted by Crippen LogP contribution is 2.37. The van der Waals surface area contributed by atoms with Crippen LogP contribution in [0.5, 0.6) is 0 Å². The van der Waals surface area contributed by atoms with Crippen LogP contribution in [0.15, 0.2) is 114 Å². The number of alkyl halides is 15. The van der Waals surface area contributed by atoms with Crippen molar-refractivity contribution in [2.75, 3.05) is 29.8 Å². The molecule has 83 heavy (non-hydrogen) atoms. The Bertz CT molecular complexity index is 2740. The smallest absolute Gasteiger partial charge is 0.421 e. The van der Waals surface area contributed by atoms with Crippen LogP contribution in [-0.2, 0) is 63.0 Å². The zero-order valence-corrected chi connectivity index (χ0v) is 50.9. The number of halogens is 16. The van der Waals surface area contributed by atoms with Gasteiger partial charge in [-0.1, -0.05) is 114 Å². The molecule has 474 valence electrons. The van der Waals surface area contributed by atoms with E-state index in [0.29, 0.717) is 27.6 Å². The predicted molar refractivity (Wildman–Crippen MR) is 274 cm³/mol. The molecule has 0 saturated carbocycles. The zero-order valence-electron chi connectivity index (χ0n) is 44.7. The van der Waals surface area contributed by atoms with Crippen LogP contribution in [0.2, 0.25) is 0 Å². The van der Waals surface area contributed by atoms with E-state index in [-0.39, 0.29) is 32.0 Å². The van der Waals surface area contributed by atoms with E-state index >= 15 is 0 Å². The minimum atomic E-state index is -6.54. The number of hydrogen-bond donors (Lipinski definition) is 3. The summed E-state index contributed by atoms with van der Waals surface area (Å²) in [5, 5.41) is 6.07. The standard InChI is InChI=1S/C20H26I.C12H15OS.C8H11S.3C3H3F5O4S/c1-19(2,3)15-7-11-17(12-8-15)21-18-13-9-16(10-14-18)20(4,5)6;13-12(10-14-8-4-5-9-14)11-6-2-1-3-7-11;1-9(2)8-6-4-3-5-7-8;3*4-2(5,6)1(9)3(7,8)13(10,11)12/h7-14H,1-6H3;1-3,6-7H,4-5,8-10H2;3-7H,1-2H3;3*1,9H,(H,10,11,12)/q3*+1;;;/p-3. The maximum atomic E-state index is 11.9. The van der Waals surface area contributed by atoms with Crippen molar-refractivity contribution >= 4 is 57.9 Å². The highest BCUT2D eigenvalue weighted by molar-refractivity contribution is 7.97. The summed E-state index contributed by atoms with van der Waals surface area (Å²) in [6.45, 7) is 13.6. The van der Waals surface area contributed by atoms with Gasteiger partial charge in [-0.05, 0) is 82.1 Å². The second kappa shape index (κ2) is 31.4. The lowest BCUT2D eigenvalue weighted by Crippen LogP contribution is -3.61. The summed E-state index contributed by atoms with van der Waals surface area (Å²) < 4.78 is 263. The number of aliphatic hydroxyl groups is 3. The largest absolute Gasteiger partial charge is 0.743 e. The van der Waals surface area contributed by atoms with Crippen molar-refractivity contribution in [1.29, 1.82) is 0 Å². The molecule has 1 aliphatic rings. The van der Waals surface area contributed by atoms with E-state index < -0.39 is 83.0 Å². The first-order valence-electron chi connectivity index (χ1n) is 23.0. The van der Waals surface area contributed by atoms with Gasteiger partial charge in [-0.3, -0.25) is 4.79 Å². The minimum absolute atomic E-state index is 0.0703. The Balaban J connectivity index is 0.000000991. The van der Waals surface area contributed by atoms with Crippen molar-refractivity contribution in [3.63, 3.8) is 0 Å². The number of aliphatic hydroxyl groups excluding tert-OH is 3. The Kier molecular flexibility index (Phi) is 30.1. The van der Waals surface area contributed by atoms with Gasteiger partial charge in [-0.15, -0.1) is 0 Å². The highest BCUT2D eigenvalue weighted by atomic mass is 127. The third kappa shape index (κ3) is 27.0. The molecule has 0 radical (unpaired) electrons. The highest BCUT2D eigenvalue weighted by Gasteiger charge is 2.61.